The average molecular weight is 256 g/mol. The maximum atomic E-state index is 6.04. The lowest BCUT2D eigenvalue weighted by atomic mass is 9.52. The second-order valence-electron chi connectivity index (χ2n) is 6.52. The summed E-state index contributed by atoms with van der Waals surface area (Å²) in [5, 5.41) is 3.73. The van der Waals surface area contributed by atoms with Gasteiger partial charge in [-0.15, -0.1) is 0 Å². The molecule has 1 aromatic carbocycles. The fourth-order valence-electron chi connectivity index (χ4n) is 3.91. The van der Waals surface area contributed by atoms with Crippen molar-refractivity contribution in [2.24, 2.45) is 5.41 Å². The number of fused-ring (bicyclic) bond motifs is 1. The molecule has 0 aromatic heterocycles. The molecular formula is C17H24N2. The van der Waals surface area contributed by atoms with Crippen LogP contribution in [0.1, 0.15) is 44.2 Å². The molecule has 0 amide bonds. The topological polar surface area (TPSA) is 38.0 Å². The normalized spacial score (nSPS) is 33.7. The largest absolute Gasteiger partial charge is 0.399 e. The number of rotatable bonds is 2. The Morgan fingerprint density at radius 1 is 1.42 bits per heavy atom. The van der Waals surface area contributed by atoms with Crippen LogP contribution in [0.15, 0.2) is 30.4 Å². The predicted molar refractivity (Wildman–Crippen MR) is 81.0 cm³/mol. The van der Waals surface area contributed by atoms with Gasteiger partial charge in [-0.05, 0) is 48.9 Å². The Kier molecular flexibility index (Phi) is 2.75. The highest BCUT2D eigenvalue weighted by Crippen LogP contribution is 2.57. The van der Waals surface area contributed by atoms with Crippen molar-refractivity contribution in [1.29, 1.82) is 0 Å². The molecule has 2 aliphatic rings. The van der Waals surface area contributed by atoms with E-state index < -0.39 is 0 Å². The van der Waals surface area contributed by atoms with Gasteiger partial charge in [0.2, 0.25) is 0 Å². The molecule has 3 rings (SSSR count). The van der Waals surface area contributed by atoms with Crippen LogP contribution in [-0.4, -0.2) is 6.54 Å². The summed E-state index contributed by atoms with van der Waals surface area (Å²) in [6.45, 7) is 9.99. The Balaban J connectivity index is 2.13. The third-order valence-electron chi connectivity index (χ3n) is 5.33. The van der Waals surface area contributed by atoms with Crippen molar-refractivity contribution in [3.05, 3.63) is 41.5 Å². The van der Waals surface area contributed by atoms with Crippen LogP contribution in [0.4, 0.5) is 5.69 Å². The zero-order chi connectivity index (χ0) is 13.7. The van der Waals surface area contributed by atoms with Gasteiger partial charge in [-0.3, -0.25) is 0 Å². The van der Waals surface area contributed by atoms with E-state index in [0.717, 1.165) is 25.1 Å². The molecule has 2 atom stereocenters. The summed E-state index contributed by atoms with van der Waals surface area (Å²) in [4.78, 5) is 0. The molecule has 102 valence electrons. The highest BCUT2D eigenvalue weighted by molar-refractivity contribution is 5.50. The summed E-state index contributed by atoms with van der Waals surface area (Å²) in [5.41, 5.74) is 11.5. The Morgan fingerprint density at radius 3 is 2.84 bits per heavy atom. The highest BCUT2D eigenvalue weighted by atomic mass is 15.1. The van der Waals surface area contributed by atoms with E-state index in [0.29, 0.717) is 5.41 Å². The monoisotopic (exact) mass is 256 g/mol. The molecule has 19 heavy (non-hydrogen) atoms. The van der Waals surface area contributed by atoms with Crippen molar-refractivity contribution in [2.75, 3.05) is 12.3 Å². The van der Waals surface area contributed by atoms with E-state index in [-0.39, 0.29) is 5.54 Å². The number of nitrogens with two attached hydrogens (primary N) is 1. The van der Waals surface area contributed by atoms with Gasteiger partial charge in [0.05, 0.1) is 5.54 Å². The molecule has 0 spiro atoms. The van der Waals surface area contributed by atoms with E-state index in [1.807, 2.05) is 6.07 Å². The lowest BCUT2D eigenvalue weighted by Crippen LogP contribution is -2.70. The van der Waals surface area contributed by atoms with Crippen LogP contribution in [-0.2, 0) is 12.0 Å². The minimum Gasteiger partial charge on any atom is -0.399 e. The smallest absolute Gasteiger partial charge is 0.0542 e. The van der Waals surface area contributed by atoms with Crippen LogP contribution in [0, 0.1) is 5.41 Å². The molecule has 0 radical (unpaired) electrons. The van der Waals surface area contributed by atoms with E-state index in [1.165, 1.54) is 29.5 Å². The van der Waals surface area contributed by atoms with E-state index >= 15 is 0 Å². The summed E-state index contributed by atoms with van der Waals surface area (Å²) in [7, 11) is 0. The number of hydrogen-bond donors (Lipinski definition) is 2. The molecule has 1 aliphatic carbocycles. The first kappa shape index (κ1) is 12.7. The van der Waals surface area contributed by atoms with Gasteiger partial charge in [0.25, 0.3) is 0 Å². The molecule has 1 heterocycles. The Morgan fingerprint density at radius 2 is 2.21 bits per heavy atom. The number of benzene rings is 1. The molecule has 1 saturated carbocycles. The number of nitrogens with one attached hydrogen (secondary N) is 1. The average Bonchev–Trinajstić information content (AvgIpc) is 2.39. The third-order valence-corrected chi connectivity index (χ3v) is 5.33. The zero-order valence-corrected chi connectivity index (χ0v) is 12.1. The van der Waals surface area contributed by atoms with E-state index in [4.69, 9.17) is 5.73 Å². The zero-order valence-electron chi connectivity index (χ0n) is 12.1. The van der Waals surface area contributed by atoms with Crippen molar-refractivity contribution in [3.8, 4) is 0 Å². The molecule has 1 saturated heterocycles. The van der Waals surface area contributed by atoms with E-state index in [2.05, 4.69) is 37.9 Å². The van der Waals surface area contributed by atoms with Gasteiger partial charge >= 0.3 is 0 Å². The van der Waals surface area contributed by atoms with Gasteiger partial charge in [-0.25, -0.2) is 0 Å². The van der Waals surface area contributed by atoms with Crippen LogP contribution in [0.25, 0.3) is 0 Å². The molecule has 2 nitrogen and oxygen atoms in total. The van der Waals surface area contributed by atoms with Gasteiger partial charge in [0.1, 0.15) is 0 Å². The maximum absolute atomic E-state index is 6.04. The predicted octanol–water partition coefficient (Wildman–Crippen LogP) is 3.38. The van der Waals surface area contributed by atoms with E-state index in [1.54, 1.807) is 0 Å². The minimum atomic E-state index is 0.0725. The van der Waals surface area contributed by atoms with Crippen LogP contribution in [0.5, 0.6) is 0 Å². The molecular weight excluding hydrogens is 232 g/mol. The first-order chi connectivity index (χ1) is 9.01. The Bertz CT molecular complexity index is 534. The molecule has 1 aromatic rings. The van der Waals surface area contributed by atoms with Gasteiger partial charge in [-0.1, -0.05) is 32.1 Å². The molecule has 2 fully saturated rings. The van der Waals surface area contributed by atoms with Crippen molar-refractivity contribution in [2.45, 2.75) is 45.1 Å². The van der Waals surface area contributed by atoms with Crippen molar-refractivity contribution < 1.29 is 0 Å². The van der Waals surface area contributed by atoms with Gasteiger partial charge in [0, 0.05) is 17.6 Å². The number of nitrogen functional groups attached to an aromatic ring is 1. The minimum absolute atomic E-state index is 0.0725. The highest BCUT2D eigenvalue weighted by Gasteiger charge is 2.58. The van der Waals surface area contributed by atoms with Crippen molar-refractivity contribution >= 4 is 5.69 Å². The number of hydrogen-bond acceptors (Lipinski definition) is 2. The molecule has 3 N–H and O–H groups in total. The van der Waals surface area contributed by atoms with Crippen molar-refractivity contribution in [1.82, 2.24) is 5.32 Å². The molecule has 2 heteroatoms. The second kappa shape index (κ2) is 4.11. The molecule has 1 aliphatic heterocycles. The van der Waals surface area contributed by atoms with Gasteiger partial charge in [-0.2, -0.15) is 0 Å². The number of aryl methyl sites for hydroxylation is 1. The Labute approximate surface area is 116 Å². The lowest BCUT2D eigenvalue weighted by molar-refractivity contribution is -0.0306. The second-order valence-corrected chi connectivity index (χ2v) is 6.52. The standard InChI is InChI=1S/C17H24N2/c1-4-13-5-6-14(18)9-15(13)17-10-12(2)7-8-16(17,3)11-19-17/h5-6,9,19H,2,4,7-8,10-11,18H2,1,3H3. The van der Waals surface area contributed by atoms with Crippen LogP contribution >= 0.6 is 0 Å². The maximum Gasteiger partial charge on any atom is 0.0542 e. The van der Waals surface area contributed by atoms with Gasteiger partial charge < -0.3 is 11.1 Å². The summed E-state index contributed by atoms with van der Waals surface area (Å²) < 4.78 is 0. The van der Waals surface area contributed by atoms with Crippen molar-refractivity contribution in [3.63, 3.8) is 0 Å². The number of anilines is 1. The summed E-state index contributed by atoms with van der Waals surface area (Å²) in [5.74, 6) is 0. The van der Waals surface area contributed by atoms with E-state index in [9.17, 15) is 0 Å². The molecule has 2 unspecified atom stereocenters. The first-order valence-electron chi connectivity index (χ1n) is 7.31. The first-order valence-corrected chi connectivity index (χ1v) is 7.31. The quantitative estimate of drug-likeness (QED) is 0.629. The van der Waals surface area contributed by atoms with Crippen LogP contribution in [0.3, 0.4) is 0 Å². The van der Waals surface area contributed by atoms with Gasteiger partial charge in [0.15, 0.2) is 0 Å². The lowest BCUT2D eigenvalue weighted by Gasteiger charge is -2.63. The fourth-order valence-corrected chi connectivity index (χ4v) is 3.91. The molecule has 0 bridgehead atoms. The summed E-state index contributed by atoms with van der Waals surface area (Å²) >= 11 is 0. The summed E-state index contributed by atoms with van der Waals surface area (Å²) in [6, 6.07) is 6.39. The fraction of sp³-hybridized carbons (Fsp3) is 0.529. The third kappa shape index (κ3) is 1.66. The Hall–Kier alpha value is -1.28. The SMILES string of the molecule is C=C1CCC2(C)CNC2(c2cc(N)ccc2CC)C1. The van der Waals surface area contributed by atoms with Crippen LogP contribution < -0.4 is 11.1 Å². The van der Waals surface area contributed by atoms with Crippen LogP contribution in [0.2, 0.25) is 0 Å². The summed E-state index contributed by atoms with van der Waals surface area (Å²) in [6.07, 6.45) is 4.52.